The summed E-state index contributed by atoms with van der Waals surface area (Å²) in [5.74, 6) is -1.21. The molecule has 1 amide bonds. The average molecular weight is 292 g/mol. The van der Waals surface area contributed by atoms with Gasteiger partial charge >= 0.3 is 0 Å². The summed E-state index contributed by atoms with van der Waals surface area (Å²) in [5.41, 5.74) is 1.73. The molecule has 1 aromatic heterocycles. The van der Waals surface area contributed by atoms with Crippen molar-refractivity contribution in [3.05, 3.63) is 65.5 Å². The molecule has 1 aliphatic carbocycles. The number of fused-ring (bicyclic) bond motifs is 1. The van der Waals surface area contributed by atoms with E-state index in [9.17, 15) is 14.4 Å². The minimum absolute atomic E-state index is 0.0392. The number of hydrogen-bond acceptors (Lipinski definition) is 4. The molecule has 0 aliphatic heterocycles. The number of amides is 1. The molecule has 0 saturated carbocycles. The predicted molar refractivity (Wildman–Crippen MR) is 80.2 cm³/mol. The molecule has 1 N–H and O–H groups in total. The first-order chi connectivity index (χ1) is 10.6. The molecule has 0 spiro atoms. The maximum atomic E-state index is 12.4. The number of aromatic nitrogens is 1. The van der Waals surface area contributed by atoms with Crippen LogP contribution in [-0.4, -0.2) is 22.5 Å². The van der Waals surface area contributed by atoms with Crippen LogP contribution in [0.3, 0.4) is 0 Å². The van der Waals surface area contributed by atoms with Gasteiger partial charge in [-0.3, -0.25) is 14.4 Å². The van der Waals surface area contributed by atoms with Crippen molar-refractivity contribution in [1.82, 2.24) is 10.3 Å². The Hall–Kier alpha value is -3.08. The van der Waals surface area contributed by atoms with Gasteiger partial charge in [0.1, 0.15) is 5.69 Å². The van der Waals surface area contributed by atoms with Gasteiger partial charge in [-0.25, -0.2) is 4.98 Å². The molecule has 0 radical (unpaired) electrons. The van der Waals surface area contributed by atoms with Gasteiger partial charge < -0.3 is 5.32 Å². The molecule has 0 atom stereocenters. The van der Waals surface area contributed by atoms with Crippen molar-refractivity contribution in [2.75, 3.05) is 0 Å². The normalized spacial score (nSPS) is 13.4. The van der Waals surface area contributed by atoms with Gasteiger partial charge in [0.2, 0.25) is 11.7 Å². The van der Waals surface area contributed by atoms with Crippen LogP contribution in [0, 0.1) is 0 Å². The van der Waals surface area contributed by atoms with Gasteiger partial charge in [0.25, 0.3) is 0 Å². The number of allylic oxidation sites excluding steroid dienone is 2. The summed E-state index contributed by atoms with van der Waals surface area (Å²) in [6.07, 6.45) is 1.13. The highest BCUT2D eigenvalue weighted by molar-refractivity contribution is 6.24. The zero-order chi connectivity index (χ0) is 15.7. The van der Waals surface area contributed by atoms with Gasteiger partial charge in [-0.2, -0.15) is 0 Å². The standard InChI is InChI=1S/C17H12N2O3/c1-10(20)18-14-9-15(21)12-7-8-13(19-16(12)17(14)22)11-5-3-2-4-6-11/h2-9H,1H3,(H,18,20). The van der Waals surface area contributed by atoms with E-state index in [0.29, 0.717) is 5.69 Å². The fourth-order valence-electron chi connectivity index (χ4n) is 2.29. The van der Waals surface area contributed by atoms with Crippen molar-refractivity contribution >= 4 is 17.5 Å². The monoisotopic (exact) mass is 292 g/mol. The number of Topliss-reactive ketones (excluding diaryl/α,β-unsaturated/α-hetero) is 1. The van der Waals surface area contributed by atoms with E-state index in [1.54, 1.807) is 12.1 Å². The van der Waals surface area contributed by atoms with Gasteiger partial charge in [0.15, 0.2) is 5.78 Å². The van der Waals surface area contributed by atoms with Gasteiger partial charge in [-0.1, -0.05) is 30.3 Å². The van der Waals surface area contributed by atoms with Crippen molar-refractivity contribution in [2.24, 2.45) is 0 Å². The average Bonchev–Trinajstić information content (AvgIpc) is 2.52. The van der Waals surface area contributed by atoms with Crippen LogP contribution < -0.4 is 5.32 Å². The zero-order valence-corrected chi connectivity index (χ0v) is 11.8. The fraction of sp³-hybridized carbons (Fsp3) is 0.0588. The van der Waals surface area contributed by atoms with Gasteiger partial charge in [0, 0.05) is 18.6 Å². The van der Waals surface area contributed by atoms with E-state index in [1.165, 1.54) is 6.92 Å². The first-order valence-electron chi connectivity index (χ1n) is 6.71. The van der Waals surface area contributed by atoms with E-state index >= 15 is 0 Å². The van der Waals surface area contributed by atoms with Crippen molar-refractivity contribution < 1.29 is 14.4 Å². The molecule has 0 unspecified atom stereocenters. The molecule has 5 heteroatoms. The molecule has 1 aliphatic rings. The Labute approximate surface area is 126 Å². The lowest BCUT2D eigenvalue weighted by Crippen LogP contribution is -2.30. The number of pyridine rings is 1. The quantitative estimate of drug-likeness (QED) is 0.920. The molecule has 5 nitrogen and oxygen atoms in total. The number of rotatable bonds is 2. The summed E-state index contributed by atoms with van der Waals surface area (Å²) in [6.45, 7) is 1.28. The number of nitrogens with one attached hydrogen (secondary N) is 1. The summed E-state index contributed by atoms with van der Waals surface area (Å²) < 4.78 is 0. The zero-order valence-electron chi connectivity index (χ0n) is 11.8. The Bertz CT molecular complexity index is 823. The minimum Gasteiger partial charge on any atom is -0.323 e. The van der Waals surface area contributed by atoms with Crippen molar-refractivity contribution in [3.63, 3.8) is 0 Å². The third-order valence-electron chi connectivity index (χ3n) is 3.28. The summed E-state index contributed by atoms with van der Waals surface area (Å²) in [6, 6.07) is 12.7. The third-order valence-corrected chi connectivity index (χ3v) is 3.28. The van der Waals surface area contributed by atoms with Crippen molar-refractivity contribution in [2.45, 2.75) is 6.92 Å². The van der Waals surface area contributed by atoms with E-state index in [0.717, 1.165) is 11.6 Å². The van der Waals surface area contributed by atoms with Crippen LogP contribution >= 0.6 is 0 Å². The minimum atomic E-state index is -0.456. The Morgan fingerprint density at radius 2 is 1.77 bits per heavy atom. The second kappa shape index (κ2) is 5.37. The lowest BCUT2D eigenvalue weighted by Gasteiger charge is -2.15. The molecule has 0 saturated heterocycles. The largest absolute Gasteiger partial charge is 0.323 e. The lowest BCUT2D eigenvalue weighted by molar-refractivity contribution is -0.118. The maximum Gasteiger partial charge on any atom is 0.228 e. The molecule has 1 aromatic carbocycles. The van der Waals surface area contributed by atoms with Crippen molar-refractivity contribution in [3.8, 4) is 11.3 Å². The summed E-state index contributed by atoms with van der Waals surface area (Å²) >= 11 is 0. The van der Waals surface area contributed by atoms with Crippen LogP contribution in [0.4, 0.5) is 0 Å². The molecule has 0 bridgehead atoms. The van der Waals surface area contributed by atoms with Crippen LogP contribution in [0.25, 0.3) is 11.3 Å². The summed E-state index contributed by atoms with van der Waals surface area (Å²) in [4.78, 5) is 39.9. The molecular weight excluding hydrogens is 280 g/mol. The second-order valence-electron chi connectivity index (χ2n) is 4.89. The second-order valence-corrected chi connectivity index (χ2v) is 4.89. The van der Waals surface area contributed by atoms with E-state index in [-0.39, 0.29) is 22.7 Å². The molecular formula is C17H12N2O3. The predicted octanol–water partition coefficient (Wildman–Crippen LogP) is 2.15. The lowest BCUT2D eigenvalue weighted by atomic mass is 9.96. The van der Waals surface area contributed by atoms with E-state index in [1.807, 2.05) is 30.3 Å². The highest BCUT2D eigenvalue weighted by atomic mass is 16.2. The number of nitrogens with zero attached hydrogens (tertiary/aromatic N) is 1. The van der Waals surface area contributed by atoms with Crippen LogP contribution in [0.5, 0.6) is 0 Å². The number of ketones is 2. The highest BCUT2D eigenvalue weighted by Gasteiger charge is 2.28. The smallest absolute Gasteiger partial charge is 0.228 e. The molecule has 1 heterocycles. The van der Waals surface area contributed by atoms with E-state index in [2.05, 4.69) is 10.3 Å². The number of benzene rings is 1. The SMILES string of the molecule is CC(=O)NC1=CC(=O)c2ccc(-c3ccccc3)nc2C1=O. The van der Waals surface area contributed by atoms with Crippen LogP contribution in [0.2, 0.25) is 0 Å². The van der Waals surface area contributed by atoms with Gasteiger partial charge in [0.05, 0.1) is 17.0 Å². The molecule has 22 heavy (non-hydrogen) atoms. The maximum absolute atomic E-state index is 12.4. The number of carbonyl (C=O) groups excluding carboxylic acids is 3. The van der Waals surface area contributed by atoms with Crippen LogP contribution in [0.15, 0.2) is 54.2 Å². The third kappa shape index (κ3) is 2.44. The van der Waals surface area contributed by atoms with E-state index < -0.39 is 11.7 Å². The van der Waals surface area contributed by atoms with E-state index in [4.69, 9.17) is 0 Å². The molecule has 0 fully saturated rings. The summed E-state index contributed by atoms with van der Waals surface area (Å²) in [7, 11) is 0. The first-order valence-corrected chi connectivity index (χ1v) is 6.71. The molecule has 108 valence electrons. The summed E-state index contributed by atoms with van der Waals surface area (Å²) in [5, 5.41) is 2.37. The van der Waals surface area contributed by atoms with Crippen molar-refractivity contribution in [1.29, 1.82) is 0 Å². The molecule has 3 rings (SSSR count). The number of carbonyl (C=O) groups is 3. The van der Waals surface area contributed by atoms with Gasteiger partial charge in [-0.15, -0.1) is 0 Å². The Balaban J connectivity index is 2.07. The Kier molecular flexibility index (Phi) is 3.39. The van der Waals surface area contributed by atoms with Gasteiger partial charge in [-0.05, 0) is 12.1 Å². The molecule has 2 aromatic rings. The Morgan fingerprint density at radius 3 is 2.45 bits per heavy atom. The Morgan fingerprint density at radius 1 is 1.05 bits per heavy atom. The van der Waals surface area contributed by atoms with Crippen LogP contribution in [0.1, 0.15) is 27.8 Å². The number of hydrogen-bond donors (Lipinski definition) is 1. The van der Waals surface area contributed by atoms with Crippen LogP contribution in [-0.2, 0) is 4.79 Å². The topological polar surface area (TPSA) is 76.1 Å². The fourth-order valence-corrected chi connectivity index (χ4v) is 2.29. The highest BCUT2D eigenvalue weighted by Crippen LogP contribution is 2.23. The first kappa shape index (κ1) is 13.9.